The van der Waals surface area contributed by atoms with Crippen LogP contribution in [-0.4, -0.2) is 26.9 Å². The molecule has 2 aromatic carbocycles. The lowest BCUT2D eigenvalue weighted by atomic mass is 10.0. The molecule has 0 heterocycles. The molecule has 24 heavy (non-hydrogen) atoms. The van der Waals surface area contributed by atoms with Gasteiger partial charge in [-0.25, -0.2) is 0 Å². The van der Waals surface area contributed by atoms with E-state index in [0.29, 0.717) is 25.7 Å². The quantitative estimate of drug-likeness (QED) is 0.711. The Morgan fingerprint density at radius 1 is 0.917 bits per heavy atom. The first-order valence-electron chi connectivity index (χ1n) is 8.36. The molecule has 130 valence electrons. The Kier molecular flexibility index (Phi) is 6.94. The van der Waals surface area contributed by atoms with E-state index in [4.69, 9.17) is 19.9 Å². The van der Waals surface area contributed by atoms with Gasteiger partial charge < -0.3 is 19.9 Å². The molecule has 0 saturated carbocycles. The van der Waals surface area contributed by atoms with Crippen LogP contribution in [0.2, 0.25) is 0 Å². The molecule has 2 aromatic rings. The average Bonchev–Trinajstić information content (AvgIpc) is 2.59. The summed E-state index contributed by atoms with van der Waals surface area (Å²) in [5.41, 5.74) is 8.05. The Balaban J connectivity index is 1.86. The highest BCUT2D eigenvalue weighted by molar-refractivity contribution is 5.43. The molecule has 0 atom stereocenters. The number of methoxy groups -OCH3 is 1. The summed E-state index contributed by atoms with van der Waals surface area (Å²) in [4.78, 5) is 0. The second-order valence-corrected chi connectivity index (χ2v) is 5.94. The number of ether oxygens (including phenoxy) is 3. The van der Waals surface area contributed by atoms with Gasteiger partial charge in [-0.3, -0.25) is 0 Å². The van der Waals surface area contributed by atoms with E-state index in [2.05, 4.69) is 26.0 Å². The van der Waals surface area contributed by atoms with E-state index in [0.717, 1.165) is 29.2 Å². The van der Waals surface area contributed by atoms with Crippen molar-refractivity contribution in [3.05, 3.63) is 53.6 Å². The van der Waals surface area contributed by atoms with Crippen molar-refractivity contribution < 1.29 is 14.2 Å². The molecule has 0 amide bonds. The lowest BCUT2D eigenvalue weighted by Gasteiger charge is -2.13. The summed E-state index contributed by atoms with van der Waals surface area (Å²) < 4.78 is 16.9. The highest BCUT2D eigenvalue weighted by atomic mass is 16.5. The van der Waals surface area contributed by atoms with Crippen LogP contribution in [0.15, 0.2) is 42.5 Å². The van der Waals surface area contributed by atoms with Gasteiger partial charge in [0, 0.05) is 0 Å². The molecule has 4 heteroatoms. The molecule has 4 nitrogen and oxygen atoms in total. The van der Waals surface area contributed by atoms with Gasteiger partial charge in [0.1, 0.15) is 19.0 Å². The van der Waals surface area contributed by atoms with Crippen LogP contribution in [0, 0.1) is 0 Å². The van der Waals surface area contributed by atoms with Crippen molar-refractivity contribution >= 4 is 0 Å². The van der Waals surface area contributed by atoms with E-state index in [9.17, 15) is 0 Å². The molecule has 0 unspecified atom stereocenters. The number of nitrogens with two attached hydrogens (primary N) is 1. The summed E-state index contributed by atoms with van der Waals surface area (Å²) >= 11 is 0. The molecular weight excluding hydrogens is 302 g/mol. The van der Waals surface area contributed by atoms with E-state index in [1.807, 2.05) is 30.3 Å². The average molecular weight is 329 g/mol. The van der Waals surface area contributed by atoms with Gasteiger partial charge in [-0.05, 0) is 54.3 Å². The number of benzene rings is 2. The predicted molar refractivity (Wildman–Crippen MR) is 97.3 cm³/mol. The normalized spacial score (nSPS) is 10.7. The molecule has 0 saturated heterocycles. The molecule has 0 radical (unpaired) electrons. The lowest BCUT2D eigenvalue weighted by Crippen LogP contribution is -2.10. The summed E-state index contributed by atoms with van der Waals surface area (Å²) in [6, 6.07) is 14.1. The standard InChI is InChI=1S/C20H27NO3/c1-15(2)17-5-7-18(8-6-17)23-12-13-24-20-14-16(10-11-21)4-9-19(20)22-3/h4-9,14-15H,10-13,21H2,1-3H3. The van der Waals surface area contributed by atoms with Gasteiger partial charge in [0.15, 0.2) is 11.5 Å². The zero-order valence-electron chi connectivity index (χ0n) is 14.7. The first-order valence-corrected chi connectivity index (χ1v) is 8.36. The van der Waals surface area contributed by atoms with E-state index in [1.54, 1.807) is 7.11 Å². The van der Waals surface area contributed by atoms with Crippen LogP contribution in [0.4, 0.5) is 0 Å². The molecule has 0 spiro atoms. The third kappa shape index (κ3) is 5.17. The summed E-state index contributed by atoms with van der Waals surface area (Å²) in [6.45, 7) is 5.90. The summed E-state index contributed by atoms with van der Waals surface area (Å²) in [7, 11) is 1.64. The second-order valence-electron chi connectivity index (χ2n) is 5.94. The maximum atomic E-state index is 5.81. The molecule has 2 rings (SSSR count). The maximum Gasteiger partial charge on any atom is 0.161 e. The van der Waals surface area contributed by atoms with Crippen molar-refractivity contribution in [1.82, 2.24) is 0 Å². The topological polar surface area (TPSA) is 53.7 Å². The van der Waals surface area contributed by atoms with E-state index < -0.39 is 0 Å². The Hall–Kier alpha value is -2.20. The van der Waals surface area contributed by atoms with Crippen LogP contribution in [-0.2, 0) is 6.42 Å². The molecule has 0 bridgehead atoms. The van der Waals surface area contributed by atoms with Gasteiger partial charge in [0.25, 0.3) is 0 Å². The van der Waals surface area contributed by atoms with E-state index in [-0.39, 0.29) is 0 Å². The Labute approximate surface area is 144 Å². The smallest absolute Gasteiger partial charge is 0.161 e. The van der Waals surface area contributed by atoms with Gasteiger partial charge >= 0.3 is 0 Å². The first kappa shape index (κ1) is 18.1. The minimum absolute atomic E-state index is 0.453. The van der Waals surface area contributed by atoms with Gasteiger partial charge in [-0.2, -0.15) is 0 Å². The zero-order chi connectivity index (χ0) is 17.4. The number of hydrogen-bond acceptors (Lipinski definition) is 4. The van der Waals surface area contributed by atoms with Crippen molar-refractivity contribution in [2.75, 3.05) is 26.9 Å². The fourth-order valence-corrected chi connectivity index (χ4v) is 2.42. The molecular formula is C20H27NO3. The summed E-state index contributed by atoms with van der Waals surface area (Å²) in [6.07, 6.45) is 0.819. The van der Waals surface area contributed by atoms with Crippen LogP contribution in [0.1, 0.15) is 30.9 Å². The van der Waals surface area contributed by atoms with Crippen LogP contribution in [0.3, 0.4) is 0 Å². The Morgan fingerprint density at radius 3 is 2.25 bits per heavy atom. The van der Waals surface area contributed by atoms with Crippen molar-refractivity contribution in [3.63, 3.8) is 0 Å². The highest BCUT2D eigenvalue weighted by Crippen LogP contribution is 2.28. The molecule has 0 fully saturated rings. The second kappa shape index (κ2) is 9.18. The summed E-state index contributed by atoms with van der Waals surface area (Å²) in [5.74, 6) is 2.82. The SMILES string of the molecule is COc1ccc(CCN)cc1OCCOc1ccc(C(C)C)cc1. The van der Waals surface area contributed by atoms with E-state index >= 15 is 0 Å². The maximum absolute atomic E-state index is 5.81. The Bertz CT molecular complexity index is 623. The van der Waals surface area contributed by atoms with Crippen LogP contribution in [0.5, 0.6) is 17.2 Å². The molecule has 2 N–H and O–H groups in total. The third-order valence-electron chi connectivity index (χ3n) is 3.82. The van der Waals surface area contributed by atoms with Crippen LogP contribution in [0.25, 0.3) is 0 Å². The Morgan fingerprint density at radius 2 is 1.62 bits per heavy atom. The van der Waals surface area contributed by atoms with Crippen molar-refractivity contribution in [2.24, 2.45) is 5.73 Å². The van der Waals surface area contributed by atoms with Gasteiger partial charge in [-0.15, -0.1) is 0 Å². The monoisotopic (exact) mass is 329 g/mol. The van der Waals surface area contributed by atoms with Crippen molar-refractivity contribution in [3.8, 4) is 17.2 Å². The molecule has 0 aliphatic carbocycles. The van der Waals surface area contributed by atoms with Crippen LogP contribution >= 0.6 is 0 Å². The molecule has 0 aliphatic heterocycles. The van der Waals surface area contributed by atoms with Gasteiger partial charge in [0.2, 0.25) is 0 Å². The number of hydrogen-bond donors (Lipinski definition) is 1. The van der Waals surface area contributed by atoms with Gasteiger partial charge in [-0.1, -0.05) is 32.0 Å². The van der Waals surface area contributed by atoms with Gasteiger partial charge in [0.05, 0.1) is 7.11 Å². The first-order chi connectivity index (χ1) is 11.6. The van der Waals surface area contributed by atoms with Crippen LogP contribution < -0.4 is 19.9 Å². The largest absolute Gasteiger partial charge is 0.493 e. The molecule has 0 aliphatic rings. The minimum atomic E-state index is 0.453. The van der Waals surface area contributed by atoms with E-state index in [1.165, 1.54) is 5.56 Å². The third-order valence-corrected chi connectivity index (χ3v) is 3.82. The van der Waals surface area contributed by atoms with Crippen molar-refractivity contribution in [2.45, 2.75) is 26.2 Å². The predicted octanol–water partition coefficient (Wildman–Crippen LogP) is 3.78. The fourth-order valence-electron chi connectivity index (χ4n) is 2.42. The summed E-state index contributed by atoms with van der Waals surface area (Å²) in [5, 5.41) is 0. The highest BCUT2D eigenvalue weighted by Gasteiger charge is 2.06. The number of rotatable bonds is 9. The van der Waals surface area contributed by atoms with Crippen molar-refractivity contribution in [1.29, 1.82) is 0 Å². The molecule has 0 aromatic heterocycles. The lowest BCUT2D eigenvalue weighted by molar-refractivity contribution is 0.211. The zero-order valence-corrected chi connectivity index (χ0v) is 14.7. The minimum Gasteiger partial charge on any atom is -0.493 e. The fraction of sp³-hybridized carbons (Fsp3) is 0.400.